The van der Waals surface area contributed by atoms with Crippen LogP contribution in [0.5, 0.6) is 11.5 Å². The number of carbonyl (C=O) groups is 2. The topological polar surface area (TPSA) is 88.7 Å². The van der Waals surface area contributed by atoms with Crippen molar-refractivity contribution in [2.75, 3.05) is 13.2 Å². The molecule has 0 spiro atoms. The van der Waals surface area contributed by atoms with Crippen LogP contribution in [-0.2, 0) is 10.2 Å². The summed E-state index contributed by atoms with van der Waals surface area (Å²) in [5.41, 5.74) is 6.48. The average molecular weight is 565 g/mol. The molecule has 0 aliphatic carbocycles. The fourth-order valence-corrected chi connectivity index (χ4v) is 3.66. The van der Waals surface area contributed by atoms with E-state index in [1.165, 1.54) is 12.8 Å². The number of unbranched alkanes of at least 4 members (excludes halogenated alkanes) is 3. The number of nitrogens with one attached hydrogen (secondary N) is 3. The summed E-state index contributed by atoms with van der Waals surface area (Å²) in [5, 5.41) is 2.49. The Kier molecular flexibility index (Phi) is 11.5. The van der Waals surface area contributed by atoms with E-state index in [-0.39, 0.29) is 17.1 Å². The smallest absolute Gasteiger partial charge is 0.276 e. The van der Waals surface area contributed by atoms with Gasteiger partial charge in [-0.1, -0.05) is 53.0 Å². The molecule has 0 atom stereocenters. The zero-order valence-electron chi connectivity index (χ0n) is 20.7. The van der Waals surface area contributed by atoms with Crippen LogP contribution in [0.2, 0.25) is 0 Å². The van der Waals surface area contributed by atoms with E-state index in [9.17, 15) is 9.59 Å². The Hall–Kier alpha value is -2.65. The first-order valence-electron chi connectivity index (χ1n) is 11.7. The van der Waals surface area contributed by atoms with Gasteiger partial charge in [0.05, 0.1) is 11.1 Å². The van der Waals surface area contributed by atoms with E-state index in [0.717, 1.165) is 22.9 Å². The Morgan fingerprint density at radius 1 is 0.971 bits per heavy atom. The van der Waals surface area contributed by atoms with Gasteiger partial charge >= 0.3 is 0 Å². The predicted molar refractivity (Wildman–Crippen MR) is 146 cm³/mol. The molecule has 0 saturated carbocycles. The lowest BCUT2D eigenvalue weighted by Gasteiger charge is -2.20. The first-order chi connectivity index (χ1) is 16.6. The second-order valence-corrected chi connectivity index (χ2v) is 10.3. The minimum atomic E-state index is -0.450. The van der Waals surface area contributed by atoms with Crippen molar-refractivity contribution in [2.45, 2.75) is 58.8 Å². The van der Waals surface area contributed by atoms with Crippen molar-refractivity contribution in [2.24, 2.45) is 0 Å². The third kappa shape index (κ3) is 10.2. The largest absolute Gasteiger partial charge is 0.494 e. The highest BCUT2D eigenvalue weighted by Crippen LogP contribution is 2.31. The van der Waals surface area contributed by atoms with E-state index in [2.05, 4.69) is 59.8 Å². The molecule has 0 aliphatic heterocycles. The Morgan fingerprint density at radius 2 is 1.69 bits per heavy atom. The van der Waals surface area contributed by atoms with Crippen LogP contribution in [0.25, 0.3) is 0 Å². The molecule has 2 aromatic carbocycles. The lowest BCUT2D eigenvalue weighted by atomic mass is 9.87. The Labute approximate surface area is 221 Å². The number of rotatable bonds is 10. The highest BCUT2D eigenvalue weighted by atomic mass is 79.9. The molecule has 35 heavy (non-hydrogen) atoms. The predicted octanol–water partition coefficient (Wildman–Crippen LogP) is 5.42. The summed E-state index contributed by atoms with van der Waals surface area (Å²) in [5.74, 6) is 0.419. The maximum atomic E-state index is 12.4. The van der Waals surface area contributed by atoms with Gasteiger partial charge in [-0.05, 0) is 81.9 Å². The van der Waals surface area contributed by atoms with E-state index in [0.29, 0.717) is 23.7 Å². The van der Waals surface area contributed by atoms with E-state index < -0.39 is 11.8 Å². The summed E-state index contributed by atoms with van der Waals surface area (Å²) < 4.78 is 12.0. The van der Waals surface area contributed by atoms with Gasteiger partial charge in [0.25, 0.3) is 11.8 Å². The second-order valence-electron chi connectivity index (χ2n) is 9.07. The molecule has 190 valence electrons. The molecule has 7 nitrogen and oxygen atoms in total. The van der Waals surface area contributed by atoms with Crippen LogP contribution in [-0.4, -0.2) is 30.1 Å². The van der Waals surface area contributed by atoms with E-state index in [1.807, 2.05) is 18.2 Å². The van der Waals surface area contributed by atoms with Crippen LogP contribution >= 0.6 is 28.1 Å². The van der Waals surface area contributed by atoms with Crippen LogP contribution in [0.3, 0.4) is 0 Å². The average Bonchev–Trinajstić information content (AvgIpc) is 2.81. The lowest BCUT2D eigenvalue weighted by Crippen LogP contribution is -2.49. The summed E-state index contributed by atoms with van der Waals surface area (Å²) in [6.07, 6.45) is 4.54. The molecule has 0 radical (unpaired) electrons. The summed E-state index contributed by atoms with van der Waals surface area (Å²) in [7, 11) is 0. The molecular formula is C26H34BrN3O4S. The molecule has 0 saturated heterocycles. The molecule has 0 aromatic heterocycles. The molecule has 2 amide bonds. The van der Waals surface area contributed by atoms with Crippen LogP contribution in [0.4, 0.5) is 0 Å². The third-order valence-electron chi connectivity index (χ3n) is 5.08. The number of thiocarbonyl (C=S) groups is 1. The zero-order chi connectivity index (χ0) is 25.8. The van der Waals surface area contributed by atoms with Gasteiger partial charge in [0, 0.05) is 5.56 Å². The SMILES string of the molecule is CCCCCCOc1ccc(C(=O)NC(=S)NNC(=O)COc2ccc(C(C)(C)C)cc2Br)cc1. The number of hydrogen-bond acceptors (Lipinski definition) is 5. The fraction of sp³-hybridized carbons (Fsp3) is 0.423. The number of ether oxygens (including phenoxy) is 2. The number of halogens is 1. The summed E-state index contributed by atoms with van der Waals surface area (Å²) >= 11 is 8.56. The Morgan fingerprint density at radius 3 is 2.31 bits per heavy atom. The maximum absolute atomic E-state index is 12.4. The van der Waals surface area contributed by atoms with Gasteiger partial charge in [-0.3, -0.25) is 25.8 Å². The molecule has 9 heteroatoms. The number of hydrazine groups is 1. The molecule has 0 fully saturated rings. The first-order valence-corrected chi connectivity index (χ1v) is 12.9. The van der Waals surface area contributed by atoms with Crippen molar-refractivity contribution >= 4 is 45.1 Å². The van der Waals surface area contributed by atoms with Crippen LogP contribution in [0.1, 0.15) is 69.3 Å². The monoisotopic (exact) mass is 563 g/mol. The van der Waals surface area contributed by atoms with Gasteiger partial charge in [-0.25, -0.2) is 0 Å². The third-order valence-corrected chi connectivity index (χ3v) is 5.91. The van der Waals surface area contributed by atoms with Crippen molar-refractivity contribution < 1.29 is 19.1 Å². The number of amides is 2. The summed E-state index contributed by atoms with van der Waals surface area (Å²) in [4.78, 5) is 24.5. The number of carbonyl (C=O) groups excluding carboxylic acids is 2. The number of benzene rings is 2. The highest BCUT2D eigenvalue weighted by molar-refractivity contribution is 9.10. The zero-order valence-corrected chi connectivity index (χ0v) is 23.1. The molecule has 2 aromatic rings. The van der Waals surface area contributed by atoms with Gasteiger partial charge in [-0.2, -0.15) is 0 Å². The molecule has 0 heterocycles. The van der Waals surface area contributed by atoms with Crippen LogP contribution in [0.15, 0.2) is 46.9 Å². The van der Waals surface area contributed by atoms with Crippen molar-refractivity contribution in [1.82, 2.24) is 16.2 Å². The van der Waals surface area contributed by atoms with Gasteiger partial charge in [0.15, 0.2) is 11.7 Å². The highest BCUT2D eigenvalue weighted by Gasteiger charge is 2.16. The molecule has 3 N–H and O–H groups in total. The van der Waals surface area contributed by atoms with Gasteiger partial charge in [-0.15, -0.1) is 0 Å². The van der Waals surface area contributed by atoms with E-state index in [1.54, 1.807) is 24.3 Å². The summed E-state index contributed by atoms with van der Waals surface area (Å²) in [6.45, 7) is 8.96. The van der Waals surface area contributed by atoms with Crippen molar-refractivity contribution in [3.63, 3.8) is 0 Å². The summed E-state index contributed by atoms with van der Waals surface area (Å²) in [6, 6.07) is 12.6. The van der Waals surface area contributed by atoms with Crippen LogP contribution < -0.4 is 25.6 Å². The van der Waals surface area contributed by atoms with Gasteiger partial charge in [0.2, 0.25) is 0 Å². The molecule has 0 unspecified atom stereocenters. The van der Waals surface area contributed by atoms with Crippen molar-refractivity contribution in [1.29, 1.82) is 0 Å². The second kappa shape index (κ2) is 14.0. The Balaban J connectivity index is 1.72. The number of hydrogen-bond donors (Lipinski definition) is 3. The van der Waals surface area contributed by atoms with Crippen molar-refractivity contribution in [3.8, 4) is 11.5 Å². The van der Waals surface area contributed by atoms with Crippen molar-refractivity contribution in [3.05, 3.63) is 58.1 Å². The maximum Gasteiger partial charge on any atom is 0.276 e. The first kappa shape index (κ1) is 28.6. The van der Waals surface area contributed by atoms with Gasteiger partial charge in [0.1, 0.15) is 11.5 Å². The quantitative estimate of drug-likeness (QED) is 0.203. The lowest BCUT2D eigenvalue weighted by molar-refractivity contribution is -0.123. The molecule has 0 bridgehead atoms. The minimum absolute atomic E-state index is 0.00613. The van der Waals surface area contributed by atoms with E-state index >= 15 is 0 Å². The molecular weight excluding hydrogens is 530 g/mol. The fourth-order valence-electron chi connectivity index (χ4n) is 3.02. The molecule has 2 rings (SSSR count). The van der Waals surface area contributed by atoms with Gasteiger partial charge < -0.3 is 9.47 Å². The normalized spacial score (nSPS) is 10.9. The van der Waals surface area contributed by atoms with E-state index in [4.69, 9.17) is 21.7 Å². The minimum Gasteiger partial charge on any atom is -0.494 e. The standard InChI is InChI=1S/C26H34BrN3O4S/c1-5-6-7-8-15-33-20-12-9-18(10-13-20)24(32)28-25(35)30-29-23(31)17-34-22-14-11-19(16-21(22)27)26(2,3)4/h9-14,16H,5-8,15,17H2,1-4H3,(H,29,31)(H2,28,30,32,35). The Bertz CT molecular complexity index is 1010. The molecule has 0 aliphatic rings. The van der Waals surface area contributed by atoms with Crippen LogP contribution in [0, 0.1) is 0 Å².